The lowest BCUT2D eigenvalue weighted by atomic mass is 9.54. The summed E-state index contributed by atoms with van der Waals surface area (Å²) in [7, 11) is 0. The fraction of sp³-hybridized carbons (Fsp3) is 0.593. The molecule has 35 heavy (non-hydrogen) atoms. The average Bonchev–Trinajstić information content (AvgIpc) is 3.48. The summed E-state index contributed by atoms with van der Waals surface area (Å²) in [6.07, 6.45) is -0.731. The van der Waals surface area contributed by atoms with Gasteiger partial charge in [-0.2, -0.15) is 0 Å². The molecule has 8 nitrogen and oxygen atoms in total. The van der Waals surface area contributed by atoms with Crippen molar-refractivity contribution in [3.8, 4) is 0 Å². The molecule has 1 unspecified atom stereocenters. The second kappa shape index (κ2) is 6.31. The Morgan fingerprint density at radius 3 is 2.54 bits per heavy atom. The minimum absolute atomic E-state index is 0.243. The number of benzene rings is 1. The van der Waals surface area contributed by atoms with Gasteiger partial charge in [0.2, 0.25) is 0 Å². The van der Waals surface area contributed by atoms with Crippen LogP contribution in [0.25, 0.3) is 0 Å². The predicted molar refractivity (Wildman–Crippen MR) is 121 cm³/mol. The van der Waals surface area contributed by atoms with E-state index in [1.54, 1.807) is 13.0 Å². The zero-order chi connectivity index (χ0) is 24.8. The minimum atomic E-state index is -2.22. The van der Waals surface area contributed by atoms with Crippen LogP contribution in [0.1, 0.15) is 32.8 Å². The van der Waals surface area contributed by atoms with Crippen LogP contribution in [0.3, 0.4) is 0 Å². The van der Waals surface area contributed by atoms with Crippen molar-refractivity contribution in [1.29, 1.82) is 0 Å². The molecule has 186 valence electrons. The van der Waals surface area contributed by atoms with Crippen LogP contribution in [0.15, 0.2) is 54.1 Å². The first-order valence-electron chi connectivity index (χ1n) is 12.3. The Bertz CT molecular complexity index is 1200. The van der Waals surface area contributed by atoms with Crippen LogP contribution in [-0.4, -0.2) is 68.4 Å². The third-order valence-corrected chi connectivity index (χ3v) is 9.77. The molecule has 8 heteroatoms. The van der Waals surface area contributed by atoms with Crippen molar-refractivity contribution in [3.05, 3.63) is 59.7 Å². The zero-order valence-electron chi connectivity index (χ0n) is 19.9. The molecule has 7 rings (SSSR count). The number of Topliss-reactive ketones (excluding diaryl/α,β-unsaturated/α-hetero) is 1. The van der Waals surface area contributed by atoms with Crippen molar-refractivity contribution in [3.63, 3.8) is 0 Å². The third kappa shape index (κ3) is 2.16. The number of rotatable bonds is 3. The van der Waals surface area contributed by atoms with Crippen LogP contribution in [0.5, 0.6) is 0 Å². The van der Waals surface area contributed by atoms with Gasteiger partial charge in [-0.3, -0.25) is 4.79 Å². The van der Waals surface area contributed by atoms with Crippen molar-refractivity contribution >= 4 is 5.78 Å². The molecule has 3 bridgehead atoms. The van der Waals surface area contributed by atoms with E-state index in [9.17, 15) is 20.1 Å². The van der Waals surface area contributed by atoms with Crippen molar-refractivity contribution in [2.24, 2.45) is 17.8 Å². The van der Waals surface area contributed by atoms with Crippen LogP contribution >= 0.6 is 0 Å². The fourth-order valence-corrected chi connectivity index (χ4v) is 8.10. The number of ether oxygens (including phenoxy) is 4. The highest BCUT2D eigenvalue weighted by molar-refractivity contribution is 6.05. The Morgan fingerprint density at radius 2 is 1.89 bits per heavy atom. The molecule has 1 aromatic carbocycles. The number of carbonyl (C=O) groups excluding carboxylic acids is 1. The summed E-state index contributed by atoms with van der Waals surface area (Å²) in [6.45, 7) is 9.26. The maximum atomic E-state index is 13.5. The number of ketones is 1. The number of carbonyl (C=O) groups is 1. The molecule has 11 atom stereocenters. The van der Waals surface area contributed by atoms with Crippen LogP contribution in [0, 0.1) is 17.8 Å². The molecule has 3 aliphatic carbocycles. The first-order chi connectivity index (χ1) is 16.5. The van der Waals surface area contributed by atoms with Crippen molar-refractivity contribution < 1.29 is 39.1 Å². The topological polar surface area (TPSA) is 118 Å². The Kier molecular flexibility index (Phi) is 4.02. The maximum Gasteiger partial charge on any atom is 0.313 e. The lowest BCUT2D eigenvalue weighted by Crippen LogP contribution is -2.72. The van der Waals surface area contributed by atoms with E-state index in [1.165, 1.54) is 0 Å². The van der Waals surface area contributed by atoms with Gasteiger partial charge < -0.3 is 34.3 Å². The van der Waals surface area contributed by atoms with E-state index in [0.717, 1.165) is 5.57 Å². The molecule has 6 aliphatic rings. The van der Waals surface area contributed by atoms with Crippen molar-refractivity contribution in [1.82, 2.24) is 0 Å². The minimum Gasteiger partial charge on any atom is -0.393 e. The largest absolute Gasteiger partial charge is 0.393 e. The van der Waals surface area contributed by atoms with E-state index < -0.39 is 70.9 Å². The first kappa shape index (κ1) is 22.3. The van der Waals surface area contributed by atoms with Gasteiger partial charge in [0.25, 0.3) is 0 Å². The molecular weight excluding hydrogens is 452 g/mol. The quantitative estimate of drug-likeness (QED) is 0.436. The van der Waals surface area contributed by atoms with Gasteiger partial charge in [-0.15, -0.1) is 0 Å². The summed E-state index contributed by atoms with van der Waals surface area (Å²) < 4.78 is 26.5. The number of fused-ring (bicyclic) bond motifs is 3. The molecule has 3 heterocycles. The number of hydrogen-bond acceptors (Lipinski definition) is 8. The Hall–Kier alpha value is -1.91. The van der Waals surface area contributed by atoms with Gasteiger partial charge in [0, 0.05) is 17.4 Å². The van der Waals surface area contributed by atoms with Crippen molar-refractivity contribution in [2.75, 3.05) is 6.61 Å². The number of epoxide rings is 1. The highest BCUT2D eigenvalue weighted by Crippen LogP contribution is 2.73. The van der Waals surface area contributed by atoms with E-state index in [1.807, 2.05) is 44.2 Å². The van der Waals surface area contributed by atoms with Gasteiger partial charge in [0.15, 0.2) is 11.4 Å². The highest BCUT2D eigenvalue weighted by atomic mass is 16.9. The smallest absolute Gasteiger partial charge is 0.313 e. The Labute approximate surface area is 203 Å². The molecule has 5 fully saturated rings. The molecule has 3 aliphatic heterocycles. The summed E-state index contributed by atoms with van der Waals surface area (Å²) in [4.78, 5) is 13.5. The van der Waals surface area contributed by atoms with Gasteiger partial charge in [0.1, 0.15) is 29.5 Å². The van der Waals surface area contributed by atoms with E-state index in [4.69, 9.17) is 18.9 Å². The zero-order valence-corrected chi connectivity index (χ0v) is 19.9. The van der Waals surface area contributed by atoms with E-state index in [-0.39, 0.29) is 5.92 Å². The van der Waals surface area contributed by atoms with E-state index in [0.29, 0.717) is 17.6 Å². The summed E-state index contributed by atoms with van der Waals surface area (Å²) in [5.74, 6) is -3.85. The summed E-state index contributed by atoms with van der Waals surface area (Å²) in [5, 5.41) is 34.0. The second-order valence-electron chi connectivity index (χ2n) is 11.4. The summed E-state index contributed by atoms with van der Waals surface area (Å²) >= 11 is 0. The molecule has 0 spiro atoms. The summed E-state index contributed by atoms with van der Waals surface area (Å²) in [5.41, 5.74) is -4.05. The van der Waals surface area contributed by atoms with Crippen LogP contribution in [0.4, 0.5) is 0 Å². The van der Waals surface area contributed by atoms with Gasteiger partial charge in [-0.25, -0.2) is 0 Å². The molecule has 3 saturated heterocycles. The van der Waals surface area contributed by atoms with Crippen molar-refractivity contribution in [2.45, 2.75) is 73.9 Å². The summed E-state index contributed by atoms with van der Waals surface area (Å²) in [6, 6.07) is 9.35. The molecule has 3 N–H and O–H groups in total. The SMILES string of the molecule is C=C(C)[C@]12C[C@@H](C)C34O[C@](c5ccccc5)(O[C@@H]1[C@@H]3[C@@H]1O[C@]1(CO)[C@@H](O)[C@]1(O)C(=O)C(C)=C[C@@H]41)O2. The Morgan fingerprint density at radius 1 is 1.17 bits per heavy atom. The normalized spacial score (nSPS) is 55.0. The van der Waals surface area contributed by atoms with Crippen LogP contribution in [0.2, 0.25) is 0 Å². The van der Waals surface area contributed by atoms with Crippen LogP contribution in [-0.2, 0) is 29.7 Å². The van der Waals surface area contributed by atoms with Gasteiger partial charge in [-0.05, 0) is 37.3 Å². The number of aliphatic hydroxyl groups is 3. The van der Waals surface area contributed by atoms with Gasteiger partial charge in [0.05, 0.1) is 12.2 Å². The monoisotopic (exact) mass is 482 g/mol. The highest BCUT2D eigenvalue weighted by Gasteiger charge is 2.88. The Balaban J connectivity index is 1.53. The van der Waals surface area contributed by atoms with E-state index >= 15 is 0 Å². The van der Waals surface area contributed by atoms with Gasteiger partial charge >= 0.3 is 5.97 Å². The fourth-order valence-electron chi connectivity index (χ4n) is 8.10. The maximum absolute atomic E-state index is 13.5. The lowest BCUT2D eigenvalue weighted by molar-refractivity contribution is -0.439. The standard InChI is InChI=1S/C27H30O8/c1-13(2)23-11-15(4)26-17-10-14(3)19(29)25(17,31)22(30)24(12-28)21(32-24)18(26)20(23)33-27(34-23,35-26)16-8-6-5-7-9-16/h5-10,15,17-18,20-22,28,30-31H,1,11-12H2,2-4H3/t15-,17-,18-,20-,21+,22-,23-,24+,25-,26?,27-/m1/s1. The molecule has 1 aromatic rings. The molecular formula is C27H30O8. The van der Waals surface area contributed by atoms with E-state index in [2.05, 4.69) is 6.58 Å². The number of aliphatic hydroxyl groups excluding tert-OH is 2. The third-order valence-electron chi connectivity index (χ3n) is 9.77. The lowest BCUT2D eigenvalue weighted by Gasteiger charge is -2.59. The molecule has 0 amide bonds. The molecule has 2 saturated carbocycles. The second-order valence-corrected chi connectivity index (χ2v) is 11.4. The first-order valence-corrected chi connectivity index (χ1v) is 12.3. The van der Waals surface area contributed by atoms with Crippen LogP contribution < -0.4 is 0 Å². The average molecular weight is 483 g/mol. The van der Waals surface area contributed by atoms with Gasteiger partial charge in [-0.1, -0.05) is 49.9 Å². The predicted octanol–water partition coefficient (Wildman–Crippen LogP) is 1.33. The molecule has 0 aromatic heterocycles. The molecule has 0 radical (unpaired) electrons. The number of hydrogen-bond donors (Lipinski definition) is 3.